The largest absolute Gasteiger partial charge is 0.493 e. The number of methoxy groups -OCH3 is 2. The molecule has 0 saturated carbocycles. The van der Waals surface area contributed by atoms with E-state index in [1.807, 2.05) is 0 Å². The zero-order valence-corrected chi connectivity index (χ0v) is 16.2. The molecule has 1 amide bonds. The molecule has 0 aromatic heterocycles. The normalized spacial score (nSPS) is 14.4. The van der Waals surface area contributed by atoms with Gasteiger partial charge >= 0.3 is 0 Å². The highest BCUT2D eigenvalue weighted by molar-refractivity contribution is 5.95. The number of carbonyl (C=O) groups is 1. The highest BCUT2D eigenvalue weighted by Crippen LogP contribution is 2.30. The molecule has 8 nitrogen and oxygen atoms in total. The third-order valence-electron chi connectivity index (χ3n) is 4.93. The third kappa shape index (κ3) is 4.56. The predicted molar refractivity (Wildman–Crippen MR) is 105 cm³/mol. The highest BCUT2D eigenvalue weighted by atomic mass is 19.1. The molecule has 0 radical (unpaired) electrons. The molecule has 0 spiro atoms. The van der Waals surface area contributed by atoms with Gasteiger partial charge in [-0.1, -0.05) is 0 Å². The van der Waals surface area contributed by atoms with Crippen LogP contribution in [0.15, 0.2) is 36.4 Å². The Bertz CT molecular complexity index is 913. The summed E-state index contributed by atoms with van der Waals surface area (Å²) in [5.41, 5.74) is 0.484. The molecule has 3 rings (SSSR count). The maximum absolute atomic E-state index is 13.3. The third-order valence-corrected chi connectivity index (χ3v) is 4.93. The van der Waals surface area contributed by atoms with Gasteiger partial charge in [-0.3, -0.25) is 14.9 Å². The molecule has 1 saturated heterocycles. The first-order chi connectivity index (χ1) is 13.9. The minimum absolute atomic E-state index is 0.0476. The Balaban J connectivity index is 1.64. The number of carbonyl (C=O) groups excluding carboxylic acids is 1. The minimum atomic E-state index is -0.655. The van der Waals surface area contributed by atoms with E-state index < -0.39 is 10.7 Å². The molecule has 1 aliphatic rings. The van der Waals surface area contributed by atoms with Crippen molar-refractivity contribution in [2.24, 2.45) is 0 Å². The fourth-order valence-corrected chi connectivity index (χ4v) is 3.38. The van der Waals surface area contributed by atoms with Gasteiger partial charge in [0.25, 0.3) is 11.6 Å². The van der Waals surface area contributed by atoms with Crippen LogP contribution in [0.3, 0.4) is 0 Å². The number of nitrogens with zero attached hydrogens (tertiary/aromatic N) is 2. The van der Waals surface area contributed by atoms with E-state index in [4.69, 9.17) is 9.47 Å². The van der Waals surface area contributed by atoms with Crippen LogP contribution in [0.1, 0.15) is 23.2 Å². The summed E-state index contributed by atoms with van der Waals surface area (Å²) in [7, 11) is 3.04. The fourth-order valence-electron chi connectivity index (χ4n) is 3.38. The average Bonchev–Trinajstić information content (AvgIpc) is 2.74. The highest BCUT2D eigenvalue weighted by Gasteiger charge is 2.26. The summed E-state index contributed by atoms with van der Waals surface area (Å²) in [6, 6.07) is 8.43. The molecule has 1 fully saturated rings. The topological polar surface area (TPSA) is 93.9 Å². The first kappa shape index (κ1) is 20.4. The monoisotopic (exact) mass is 403 g/mol. The van der Waals surface area contributed by atoms with Crippen LogP contribution in [-0.4, -0.2) is 49.1 Å². The van der Waals surface area contributed by atoms with Crippen LogP contribution in [-0.2, 0) is 0 Å². The van der Waals surface area contributed by atoms with Gasteiger partial charge in [-0.15, -0.1) is 0 Å². The van der Waals surface area contributed by atoms with Gasteiger partial charge < -0.3 is 19.7 Å². The Kier molecular flexibility index (Phi) is 6.16. The molecule has 0 atom stereocenters. The Hall–Kier alpha value is -3.36. The molecule has 29 heavy (non-hydrogen) atoms. The van der Waals surface area contributed by atoms with Gasteiger partial charge in [0, 0.05) is 24.7 Å². The lowest BCUT2D eigenvalue weighted by atomic mass is 10.0. The SMILES string of the molecule is COc1ccc(C(=O)N2CCC(Nc3ccc(F)cc3[N+](=O)[O-])CC2)cc1OC. The number of nitro groups is 1. The fraction of sp³-hybridized carbons (Fsp3) is 0.350. The minimum Gasteiger partial charge on any atom is -0.493 e. The standard InChI is InChI=1S/C20H22FN3O5/c1-28-18-6-3-13(11-19(18)29-2)20(25)23-9-7-15(8-10-23)22-16-5-4-14(21)12-17(16)24(26)27/h3-6,11-12,15,22H,7-10H2,1-2H3. The number of nitro benzene ring substituents is 1. The summed E-state index contributed by atoms with van der Waals surface area (Å²) in [4.78, 5) is 25.1. The van der Waals surface area contributed by atoms with E-state index in [1.54, 1.807) is 23.1 Å². The van der Waals surface area contributed by atoms with Crippen molar-refractivity contribution in [2.75, 3.05) is 32.6 Å². The van der Waals surface area contributed by atoms with Crippen LogP contribution < -0.4 is 14.8 Å². The number of ether oxygens (including phenoxy) is 2. The van der Waals surface area contributed by atoms with Crippen LogP contribution in [0.2, 0.25) is 0 Å². The van der Waals surface area contributed by atoms with Crippen molar-refractivity contribution in [3.8, 4) is 11.5 Å². The Labute approximate surface area is 167 Å². The number of amides is 1. The van der Waals surface area contributed by atoms with Crippen LogP contribution in [0, 0.1) is 15.9 Å². The van der Waals surface area contributed by atoms with Crippen molar-refractivity contribution < 1.29 is 23.6 Å². The Morgan fingerprint density at radius 3 is 2.45 bits per heavy atom. The second kappa shape index (κ2) is 8.76. The molecule has 0 bridgehead atoms. The number of benzene rings is 2. The predicted octanol–water partition coefficient (Wildman–Crippen LogP) is 3.47. The van der Waals surface area contributed by atoms with Gasteiger partial charge in [0.05, 0.1) is 25.2 Å². The zero-order valence-electron chi connectivity index (χ0n) is 16.2. The first-order valence-corrected chi connectivity index (χ1v) is 9.14. The van der Waals surface area contributed by atoms with Crippen LogP contribution >= 0.6 is 0 Å². The molecule has 0 unspecified atom stereocenters. The Morgan fingerprint density at radius 2 is 1.83 bits per heavy atom. The van der Waals surface area contributed by atoms with Gasteiger partial charge in [0.15, 0.2) is 11.5 Å². The van der Waals surface area contributed by atoms with Crippen molar-refractivity contribution in [3.63, 3.8) is 0 Å². The molecular formula is C20H22FN3O5. The number of hydrogen-bond acceptors (Lipinski definition) is 6. The van der Waals surface area contributed by atoms with Crippen LogP contribution in [0.4, 0.5) is 15.8 Å². The second-order valence-electron chi connectivity index (χ2n) is 6.70. The average molecular weight is 403 g/mol. The quantitative estimate of drug-likeness (QED) is 0.586. The number of anilines is 1. The molecule has 2 aromatic carbocycles. The van der Waals surface area contributed by atoms with Crippen molar-refractivity contribution >= 4 is 17.3 Å². The van der Waals surface area contributed by atoms with E-state index in [1.165, 1.54) is 26.4 Å². The summed E-state index contributed by atoms with van der Waals surface area (Å²) in [5.74, 6) is 0.265. The molecule has 1 heterocycles. The molecule has 2 aromatic rings. The van der Waals surface area contributed by atoms with Gasteiger partial charge in [0.1, 0.15) is 11.5 Å². The van der Waals surface area contributed by atoms with Crippen LogP contribution in [0.5, 0.6) is 11.5 Å². The number of nitrogens with one attached hydrogen (secondary N) is 1. The first-order valence-electron chi connectivity index (χ1n) is 9.14. The molecule has 9 heteroatoms. The lowest BCUT2D eigenvalue weighted by Gasteiger charge is -2.33. The molecule has 1 aliphatic heterocycles. The molecule has 0 aliphatic carbocycles. The number of likely N-dealkylation sites (tertiary alicyclic amines) is 1. The van der Waals surface area contributed by atoms with Crippen LogP contribution in [0.25, 0.3) is 0 Å². The summed E-state index contributed by atoms with van der Waals surface area (Å²) >= 11 is 0. The summed E-state index contributed by atoms with van der Waals surface area (Å²) in [5, 5.41) is 14.2. The smallest absolute Gasteiger partial charge is 0.295 e. The van der Waals surface area contributed by atoms with Crippen molar-refractivity contribution in [1.82, 2.24) is 4.90 Å². The van der Waals surface area contributed by atoms with E-state index in [0.29, 0.717) is 43.0 Å². The summed E-state index contributed by atoms with van der Waals surface area (Å²) in [6.07, 6.45) is 1.24. The molecule has 1 N–H and O–H groups in total. The molecule has 154 valence electrons. The van der Waals surface area contributed by atoms with E-state index in [2.05, 4.69) is 5.32 Å². The van der Waals surface area contributed by atoms with Gasteiger partial charge in [0.2, 0.25) is 0 Å². The number of rotatable bonds is 6. The number of halogens is 1. The van der Waals surface area contributed by atoms with E-state index in [0.717, 1.165) is 6.07 Å². The van der Waals surface area contributed by atoms with E-state index in [9.17, 15) is 19.3 Å². The van der Waals surface area contributed by atoms with Gasteiger partial charge in [-0.2, -0.15) is 0 Å². The molecular weight excluding hydrogens is 381 g/mol. The summed E-state index contributed by atoms with van der Waals surface area (Å²) < 4.78 is 23.7. The maximum atomic E-state index is 13.3. The maximum Gasteiger partial charge on any atom is 0.295 e. The van der Waals surface area contributed by atoms with E-state index >= 15 is 0 Å². The number of hydrogen-bond donors (Lipinski definition) is 1. The summed E-state index contributed by atoms with van der Waals surface area (Å²) in [6.45, 7) is 1.000. The van der Waals surface area contributed by atoms with Gasteiger partial charge in [-0.05, 0) is 43.2 Å². The lowest BCUT2D eigenvalue weighted by molar-refractivity contribution is -0.384. The second-order valence-corrected chi connectivity index (χ2v) is 6.70. The van der Waals surface area contributed by atoms with Gasteiger partial charge in [-0.25, -0.2) is 4.39 Å². The van der Waals surface area contributed by atoms with Crippen molar-refractivity contribution in [3.05, 3.63) is 57.9 Å². The van der Waals surface area contributed by atoms with Crippen molar-refractivity contribution in [1.29, 1.82) is 0 Å². The lowest BCUT2D eigenvalue weighted by Crippen LogP contribution is -2.42. The number of piperidine rings is 1. The Morgan fingerprint density at radius 1 is 1.14 bits per heavy atom. The van der Waals surface area contributed by atoms with E-state index in [-0.39, 0.29) is 23.3 Å². The zero-order chi connectivity index (χ0) is 21.0. The van der Waals surface area contributed by atoms with Crippen molar-refractivity contribution in [2.45, 2.75) is 18.9 Å².